The maximum atomic E-state index is 5.74. The Morgan fingerprint density at radius 1 is 1.20 bits per heavy atom. The molecule has 0 amide bonds. The maximum absolute atomic E-state index is 5.74. The zero-order valence-electron chi connectivity index (χ0n) is 12.1. The van der Waals surface area contributed by atoms with Gasteiger partial charge in [-0.1, -0.05) is 11.2 Å². The van der Waals surface area contributed by atoms with E-state index in [-0.39, 0.29) is 0 Å². The molecule has 0 aliphatic carbocycles. The summed E-state index contributed by atoms with van der Waals surface area (Å²) in [4.78, 5) is 0. The molecule has 0 unspecified atom stereocenters. The lowest BCUT2D eigenvalue weighted by atomic mass is 10.2. The van der Waals surface area contributed by atoms with Crippen molar-refractivity contribution in [1.82, 2.24) is 10.5 Å². The first-order valence-corrected chi connectivity index (χ1v) is 6.68. The van der Waals surface area contributed by atoms with E-state index in [0.29, 0.717) is 24.7 Å². The molecule has 0 spiro atoms. The van der Waals surface area contributed by atoms with Crippen molar-refractivity contribution in [2.75, 3.05) is 13.7 Å². The van der Waals surface area contributed by atoms with Crippen LogP contribution in [0.25, 0.3) is 0 Å². The first-order valence-electron chi connectivity index (χ1n) is 6.68. The first kappa shape index (κ1) is 14.4. The number of aromatic nitrogens is 1. The van der Waals surface area contributed by atoms with Gasteiger partial charge in [0.05, 0.1) is 12.3 Å². The molecule has 0 bridgehead atoms. The maximum Gasteiger partial charge on any atom is 0.174 e. The quantitative estimate of drug-likeness (QED) is 0.842. The highest BCUT2D eigenvalue weighted by atomic mass is 16.5. The Morgan fingerprint density at radius 2 is 2.05 bits per heavy atom. The summed E-state index contributed by atoms with van der Waals surface area (Å²) in [6, 6.07) is 7.78. The second-order valence-corrected chi connectivity index (χ2v) is 4.47. The molecule has 0 fully saturated rings. The van der Waals surface area contributed by atoms with Crippen molar-refractivity contribution >= 4 is 0 Å². The lowest BCUT2D eigenvalue weighted by molar-refractivity contribution is 0.233. The van der Waals surface area contributed by atoms with Gasteiger partial charge >= 0.3 is 0 Å². The molecule has 1 N–H and O–H groups in total. The summed E-state index contributed by atoms with van der Waals surface area (Å²) in [6.07, 6.45) is 0. The van der Waals surface area contributed by atoms with E-state index in [0.717, 1.165) is 23.6 Å². The molecule has 5 nitrogen and oxygen atoms in total. The van der Waals surface area contributed by atoms with Gasteiger partial charge in [-0.05, 0) is 38.6 Å². The molecule has 1 aromatic carbocycles. The monoisotopic (exact) mass is 276 g/mol. The summed E-state index contributed by atoms with van der Waals surface area (Å²) in [5, 5.41) is 6.95. The third-order valence-corrected chi connectivity index (χ3v) is 2.74. The minimum Gasteiger partial charge on any atom is -0.490 e. The Kier molecular flexibility index (Phi) is 5.01. The van der Waals surface area contributed by atoms with Crippen LogP contribution in [0, 0.1) is 6.92 Å². The molecule has 0 saturated carbocycles. The minimum atomic E-state index is 0.340. The molecule has 20 heavy (non-hydrogen) atoms. The van der Waals surface area contributed by atoms with E-state index in [9.17, 15) is 0 Å². The van der Waals surface area contributed by atoms with Gasteiger partial charge in [0.2, 0.25) is 0 Å². The van der Waals surface area contributed by atoms with Crippen molar-refractivity contribution in [3.8, 4) is 11.5 Å². The second kappa shape index (κ2) is 6.96. The van der Waals surface area contributed by atoms with Crippen LogP contribution in [-0.4, -0.2) is 18.8 Å². The molecule has 108 valence electrons. The van der Waals surface area contributed by atoms with Crippen LogP contribution in [0.4, 0.5) is 0 Å². The number of hydrogen-bond acceptors (Lipinski definition) is 5. The van der Waals surface area contributed by atoms with Crippen molar-refractivity contribution in [2.24, 2.45) is 0 Å². The van der Waals surface area contributed by atoms with E-state index in [1.807, 2.05) is 45.2 Å². The zero-order valence-corrected chi connectivity index (χ0v) is 12.1. The van der Waals surface area contributed by atoms with E-state index < -0.39 is 0 Å². The van der Waals surface area contributed by atoms with E-state index in [4.69, 9.17) is 14.0 Å². The van der Waals surface area contributed by atoms with Crippen LogP contribution in [0.1, 0.15) is 23.9 Å². The van der Waals surface area contributed by atoms with Crippen molar-refractivity contribution in [2.45, 2.75) is 27.0 Å². The van der Waals surface area contributed by atoms with E-state index in [1.54, 1.807) is 0 Å². The van der Waals surface area contributed by atoms with Crippen LogP contribution in [0.2, 0.25) is 0 Å². The molecule has 0 aliphatic rings. The third kappa shape index (κ3) is 3.74. The van der Waals surface area contributed by atoms with Gasteiger partial charge in [0, 0.05) is 12.6 Å². The minimum absolute atomic E-state index is 0.340. The number of hydrogen-bond donors (Lipinski definition) is 1. The predicted molar refractivity (Wildman–Crippen MR) is 75.9 cm³/mol. The average molecular weight is 276 g/mol. The third-order valence-electron chi connectivity index (χ3n) is 2.74. The fraction of sp³-hybridized carbons (Fsp3) is 0.400. The standard InChI is InChI=1S/C15H20N2O3/c1-4-18-15-8-12(9-16-3)5-6-14(15)19-10-13-7-11(2)17-20-13/h5-8,16H,4,9-10H2,1-3H3. The lowest BCUT2D eigenvalue weighted by Gasteiger charge is -2.12. The van der Waals surface area contributed by atoms with E-state index in [1.165, 1.54) is 0 Å². The summed E-state index contributed by atoms with van der Waals surface area (Å²) in [6.45, 7) is 5.56. The highest BCUT2D eigenvalue weighted by Gasteiger charge is 2.08. The van der Waals surface area contributed by atoms with Crippen LogP contribution in [0.5, 0.6) is 11.5 Å². The lowest BCUT2D eigenvalue weighted by Crippen LogP contribution is -2.06. The normalized spacial score (nSPS) is 10.6. The number of aryl methyl sites for hydroxylation is 1. The molecule has 0 radical (unpaired) electrons. The van der Waals surface area contributed by atoms with Gasteiger partial charge in [0.1, 0.15) is 6.61 Å². The van der Waals surface area contributed by atoms with Crippen LogP contribution in [0.3, 0.4) is 0 Å². The highest BCUT2D eigenvalue weighted by molar-refractivity contribution is 5.43. The number of benzene rings is 1. The summed E-state index contributed by atoms with van der Waals surface area (Å²) in [5.41, 5.74) is 2.00. The van der Waals surface area contributed by atoms with Crippen LogP contribution in [0.15, 0.2) is 28.8 Å². The molecular formula is C15H20N2O3. The molecule has 0 atom stereocenters. The van der Waals surface area contributed by atoms with Gasteiger partial charge in [-0.2, -0.15) is 0 Å². The first-order chi connectivity index (χ1) is 9.72. The fourth-order valence-corrected chi connectivity index (χ4v) is 1.89. The SMILES string of the molecule is CCOc1cc(CNC)ccc1OCc1cc(C)no1. The van der Waals surface area contributed by atoms with Crippen molar-refractivity contribution in [1.29, 1.82) is 0 Å². The topological polar surface area (TPSA) is 56.5 Å². The van der Waals surface area contributed by atoms with Crippen molar-refractivity contribution < 1.29 is 14.0 Å². The molecule has 5 heteroatoms. The van der Waals surface area contributed by atoms with Crippen molar-refractivity contribution in [3.05, 3.63) is 41.3 Å². The Balaban J connectivity index is 2.09. The fourth-order valence-electron chi connectivity index (χ4n) is 1.89. The molecule has 1 heterocycles. The Bertz CT molecular complexity index is 552. The predicted octanol–water partition coefficient (Wildman–Crippen LogP) is 2.68. The zero-order chi connectivity index (χ0) is 14.4. The number of rotatable bonds is 7. The highest BCUT2D eigenvalue weighted by Crippen LogP contribution is 2.29. The second-order valence-electron chi connectivity index (χ2n) is 4.47. The summed E-state index contributed by atoms with van der Waals surface area (Å²) in [5.74, 6) is 2.15. The number of nitrogens with zero attached hydrogens (tertiary/aromatic N) is 1. The molecule has 2 rings (SSSR count). The Labute approximate surface area is 118 Å². The van der Waals surface area contributed by atoms with Crippen molar-refractivity contribution in [3.63, 3.8) is 0 Å². The molecule has 0 aliphatic heterocycles. The Hall–Kier alpha value is -2.01. The molecular weight excluding hydrogens is 256 g/mol. The summed E-state index contributed by atoms with van der Waals surface area (Å²) < 4.78 is 16.5. The van der Waals surface area contributed by atoms with Crippen LogP contribution < -0.4 is 14.8 Å². The van der Waals surface area contributed by atoms with Gasteiger partial charge in [-0.25, -0.2) is 0 Å². The van der Waals surface area contributed by atoms with Gasteiger partial charge in [0.15, 0.2) is 17.3 Å². The Morgan fingerprint density at radius 3 is 2.70 bits per heavy atom. The van der Waals surface area contributed by atoms with Gasteiger partial charge in [-0.3, -0.25) is 0 Å². The summed E-state index contributed by atoms with van der Waals surface area (Å²) in [7, 11) is 1.91. The smallest absolute Gasteiger partial charge is 0.174 e. The van der Waals surface area contributed by atoms with Crippen LogP contribution in [-0.2, 0) is 13.2 Å². The molecule has 0 saturated heterocycles. The number of nitrogens with one attached hydrogen (secondary N) is 1. The molecule has 2 aromatic rings. The average Bonchev–Trinajstić information content (AvgIpc) is 2.84. The number of ether oxygens (including phenoxy) is 2. The van der Waals surface area contributed by atoms with E-state index >= 15 is 0 Å². The van der Waals surface area contributed by atoms with Gasteiger partial charge < -0.3 is 19.3 Å². The molecule has 1 aromatic heterocycles. The van der Waals surface area contributed by atoms with Gasteiger partial charge in [-0.15, -0.1) is 0 Å². The largest absolute Gasteiger partial charge is 0.490 e. The van der Waals surface area contributed by atoms with E-state index in [2.05, 4.69) is 10.5 Å². The van der Waals surface area contributed by atoms with Crippen LogP contribution >= 0.6 is 0 Å². The van der Waals surface area contributed by atoms with Gasteiger partial charge in [0.25, 0.3) is 0 Å². The summed E-state index contributed by atoms with van der Waals surface area (Å²) >= 11 is 0.